The van der Waals surface area contributed by atoms with E-state index < -0.39 is 5.82 Å². The van der Waals surface area contributed by atoms with Crippen LogP contribution in [0.25, 0.3) is 5.82 Å². The summed E-state index contributed by atoms with van der Waals surface area (Å²) in [6.07, 6.45) is 5.21. The molecule has 0 spiro atoms. The van der Waals surface area contributed by atoms with E-state index in [1.54, 1.807) is 29.2 Å². The molecule has 0 amide bonds. The molecule has 6 heteroatoms. The zero-order chi connectivity index (χ0) is 15.4. The van der Waals surface area contributed by atoms with Gasteiger partial charge in [0.15, 0.2) is 5.82 Å². The normalized spacial score (nSPS) is 10.2. The minimum Gasteiger partial charge on any atom is -0.380 e. The van der Waals surface area contributed by atoms with Crippen molar-refractivity contribution in [1.82, 2.24) is 14.8 Å². The maximum atomic E-state index is 13.5. The highest BCUT2D eigenvalue weighted by Gasteiger charge is 2.07. The lowest BCUT2D eigenvalue weighted by Crippen LogP contribution is -2.04. The van der Waals surface area contributed by atoms with Crippen LogP contribution in [0, 0.1) is 17.1 Å². The first-order chi connectivity index (χ1) is 10.8. The van der Waals surface area contributed by atoms with Crippen LogP contribution in [0.1, 0.15) is 11.1 Å². The highest BCUT2D eigenvalue weighted by atomic mass is 19.1. The Balaban J connectivity index is 1.72. The fraction of sp³-hybridized carbons (Fsp3) is 0.0625. The summed E-state index contributed by atoms with van der Waals surface area (Å²) in [7, 11) is 0. The summed E-state index contributed by atoms with van der Waals surface area (Å²) >= 11 is 0. The molecule has 3 rings (SSSR count). The molecular weight excluding hydrogens is 281 g/mol. The van der Waals surface area contributed by atoms with E-state index >= 15 is 0 Å². The van der Waals surface area contributed by atoms with Gasteiger partial charge in [-0.3, -0.25) is 0 Å². The van der Waals surface area contributed by atoms with Gasteiger partial charge in [0.1, 0.15) is 17.4 Å². The van der Waals surface area contributed by atoms with Crippen LogP contribution in [0.3, 0.4) is 0 Å². The van der Waals surface area contributed by atoms with E-state index in [2.05, 4.69) is 15.4 Å². The first kappa shape index (κ1) is 13.8. The Bertz CT molecular complexity index is 804. The molecule has 0 atom stereocenters. The number of pyridine rings is 1. The summed E-state index contributed by atoms with van der Waals surface area (Å²) in [4.78, 5) is 4.31. The summed E-state index contributed by atoms with van der Waals surface area (Å²) < 4.78 is 15.2. The van der Waals surface area contributed by atoms with Crippen LogP contribution < -0.4 is 5.32 Å². The van der Waals surface area contributed by atoms with Gasteiger partial charge in [0.2, 0.25) is 0 Å². The Morgan fingerprint density at radius 2 is 2.14 bits per heavy atom. The van der Waals surface area contributed by atoms with Crippen LogP contribution in [0.15, 0.2) is 55.0 Å². The van der Waals surface area contributed by atoms with Gasteiger partial charge >= 0.3 is 0 Å². The molecule has 5 nitrogen and oxygen atoms in total. The Labute approximate surface area is 126 Å². The molecule has 0 saturated carbocycles. The van der Waals surface area contributed by atoms with Crippen LogP contribution in [0.5, 0.6) is 0 Å². The molecule has 0 saturated heterocycles. The molecule has 0 aliphatic rings. The third kappa shape index (κ3) is 2.79. The third-order valence-corrected chi connectivity index (χ3v) is 3.16. The van der Waals surface area contributed by atoms with E-state index in [1.807, 2.05) is 30.5 Å². The first-order valence-corrected chi connectivity index (χ1v) is 6.65. The zero-order valence-corrected chi connectivity index (χ0v) is 11.6. The van der Waals surface area contributed by atoms with Crippen LogP contribution in [-0.4, -0.2) is 14.8 Å². The van der Waals surface area contributed by atoms with E-state index in [0.29, 0.717) is 12.2 Å². The van der Waals surface area contributed by atoms with Gasteiger partial charge in [-0.15, -0.1) is 0 Å². The maximum absolute atomic E-state index is 13.5. The number of hydrogen-bond donors (Lipinski definition) is 1. The largest absolute Gasteiger partial charge is 0.380 e. The summed E-state index contributed by atoms with van der Waals surface area (Å²) in [6, 6.07) is 11.9. The Hall–Kier alpha value is -3.20. The van der Waals surface area contributed by atoms with E-state index in [1.165, 1.54) is 6.07 Å². The topological polar surface area (TPSA) is 66.5 Å². The van der Waals surface area contributed by atoms with Gasteiger partial charge in [0.25, 0.3) is 0 Å². The quantitative estimate of drug-likeness (QED) is 0.803. The Morgan fingerprint density at radius 1 is 1.23 bits per heavy atom. The number of hydrogen-bond acceptors (Lipinski definition) is 4. The van der Waals surface area contributed by atoms with E-state index in [0.717, 1.165) is 11.4 Å². The predicted molar refractivity (Wildman–Crippen MR) is 79.8 cm³/mol. The highest BCUT2D eigenvalue weighted by molar-refractivity contribution is 5.58. The van der Waals surface area contributed by atoms with Crippen molar-refractivity contribution in [2.45, 2.75) is 6.54 Å². The van der Waals surface area contributed by atoms with Crippen LogP contribution in [0.2, 0.25) is 0 Å². The van der Waals surface area contributed by atoms with Crippen molar-refractivity contribution in [1.29, 1.82) is 5.26 Å². The average Bonchev–Trinajstić information content (AvgIpc) is 3.08. The van der Waals surface area contributed by atoms with Crippen LogP contribution >= 0.6 is 0 Å². The Morgan fingerprint density at radius 3 is 2.82 bits per heavy atom. The van der Waals surface area contributed by atoms with Gasteiger partial charge < -0.3 is 5.32 Å². The predicted octanol–water partition coefficient (Wildman–Crippen LogP) is 2.89. The van der Waals surface area contributed by atoms with Gasteiger partial charge in [-0.2, -0.15) is 10.4 Å². The van der Waals surface area contributed by atoms with Gasteiger partial charge in [0.05, 0.1) is 5.69 Å². The smallest absolute Gasteiger partial charge is 0.153 e. The van der Waals surface area contributed by atoms with E-state index in [9.17, 15) is 4.39 Å². The molecule has 0 aliphatic heterocycles. The number of aromatic nitrogens is 3. The number of rotatable bonds is 4. The molecule has 3 aromatic rings. The molecule has 0 aliphatic carbocycles. The second-order valence-corrected chi connectivity index (χ2v) is 4.60. The lowest BCUT2D eigenvalue weighted by Gasteiger charge is -2.09. The average molecular weight is 293 g/mol. The number of nitrogens with zero attached hydrogens (tertiary/aromatic N) is 4. The third-order valence-electron chi connectivity index (χ3n) is 3.16. The summed E-state index contributed by atoms with van der Waals surface area (Å²) in [6.45, 7) is 0.449. The van der Waals surface area contributed by atoms with E-state index in [-0.39, 0.29) is 5.56 Å². The van der Waals surface area contributed by atoms with Crippen molar-refractivity contribution in [2.75, 3.05) is 5.32 Å². The molecule has 0 bridgehead atoms. The fourth-order valence-electron chi connectivity index (χ4n) is 2.04. The van der Waals surface area contributed by atoms with Crippen molar-refractivity contribution in [3.63, 3.8) is 0 Å². The fourth-order valence-corrected chi connectivity index (χ4v) is 2.04. The monoisotopic (exact) mass is 293 g/mol. The number of nitrogens with one attached hydrogen (secondary N) is 1. The number of nitriles is 1. The van der Waals surface area contributed by atoms with Crippen molar-refractivity contribution in [3.8, 4) is 11.9 Å². The lowest BCUT2D eigenvalue weighted by molar-refractivity contribution is 0.624. The van der Waals surface area contributed by atoms with Gasteiger partial charge in [-0.05, 0) is 29.8 Å². The second-order valence-electron chi connectivity index (χ2n) is 4.60. The molecule has 2 heterocycles. The molecule has 108 valence electrons. The second kappa shape index (κ2) is 6.06. The van der Waals surface area contributed by atoms with Crippen molar-refractivity contribution in [2.24, 2.45) is 0 Å². The van der Waals surface area contributed by atoms with Crippen LogP contribution in [-0.2, 0) is 6.54 Å². The summed E-state index contributed by atoms with van der Waals surface area (Å²) in [5.41, 5.74) is 1.41. The SMILES string of the molecule is N#Cc1c(F)cccc1NCc1ccc(-n2cccn2)nc1. The Kier molecular flexibility index (Phi) is 3.79. The summed E-state index contributed by atoms with van der Waals surface area (Å²) in [5.74, 6) is 0.192. The number of benzene rings is 1. The van der Waals surface area contributed by atoms with Gasteiger partial charge in [0, 0.05) is 25.1 Å². The molecule has 2 aromatic heterocycles. The number of halogens is 1. The van der Waals surface area contributed by atoms with E-state index in [4.69, 9.17) is 5.26 Å². The van der Waals surface area contributed by atoms with Crippen molar-refractivity contribution in [3.05, 3.63) is 71.9 Å². The number of anilines is 1. The summed E-state index contributed by atoms with van der Waals surface area (Å²) in [5, 5.41) is 16.1. The van der Waals surface area contributed by atoms with Crippen molar-refractivity contribution < 1.29 is 4.39 Å². The molecule has 0 fully saturated rings. The molecular formula is C16H12FN5. The van der Waals surface area contributed by atoms with Crippen LogP contribution in [0.4, 0.5) is 10.1 Å². The molecule has 0 unspecified atom stereocenters. The molecule has 1 aromatic carbocycles. The lowest BCUT2D eigenvalue weighted by atomic mass is 10.1. The standard InChI is InChI=1S/C16H12FN5/c17-14-3-1-4-15(13(14)9-18)19-10-12-5-6-16(20-11-12)22-8-2-7-21-22/h1-8,11,19H,10H2. The minimum absolute atomic E-state index is 0.0172. The first-order valence-electron chi connectivity index (χ1n) is 6.65. The van der Waals surface area contributed by atoms with Gasteiger partial charge in [-0.1, -0.05) is 12.1 Å². The van der Waals surface area contributed by atoms with Crippen molar-refractivity contribution >= 4 is 5.69 Å². The molecule has 1 N–H and O–H groups in total. The minimum atomic E-state index is -0.528. The zero-order valence-electron chi connectivity index (χ0n) is 11.6. The van der Waals surface area contributed by atoms with Gasteiger partial charge in [-0.25, -0.2) is 14.1 Å². The molecule has 0 radical (unpaired) electrons. The maximum Gasteiger partial charge on any atom is 0.153 e. The highest BCUT2D eigenvalue weighted by Crippen LogP contribution is 2.18. The molecule has 22 heavy (non-hydrogen) atoms.